The zero-order chi connectivity index (χ0) is 7.72. The lowest BCUT2D eigenvalue weighted by atomic mass is 10.5. The van der Waals surface area contributed by atoms with E-state index in [0.717, 1.165) is 0 Å². The van der Waals surface area contributed by atoms with E-state index in [0.29, 0.717) is 15.0 Å². The van der Waals surface area contributed by atoms with Crippen LogP contribution in [0.2, 0.25) is 0 Å². The Morgan fingerprint density at radius 2 is 2.40 bits per heavy atom. The molecule has 4 nitrogen and oxygen atoms in total. The fourth-order valence-electron chi connectivity index (χ4n) is 0.573. The topological polar surface area (TPSA) is 61.9 Å². The molecule has 0 aromatic carbocycles. The SMILES string of the molecule is Cc1cn(O)c(=N)c(Br)n1. The van der Waals surface area contributed by atoms with E-state index in [4.69, 9.17) is 10.6 Å². The summed E-state index contributed by atoms with van der Waals surface area (Å²) in [5, 5.41) is 16.1. The molecular weight excluding hydrogens is 198 g/mol. The van der Waals surface area contributed by atoms with Gasteiger partial charge in [0.25, 0.3) is 0 Å². The highest BCUT2D eigenvalue weighted by atomic mass is 79.9. The van der Waals surface area contributed by atoms with E-state index in [-0.39, 0.29) is 5.49 Å². The molecule has 0 unspecified atom stereocenters. The van der Waals surface area contributed by atoms with Gasteiger partial charge in [0.1, 0.15) is 0 Å². The normalized spacial score (nSPS) is 9.80. The summed E-state index contributed by atoms with van der Waals surface area (Å²) < 4.78 is 1.06. The maximum Gasteiger partial charge on any atom is 0.193 e. The predicted molar refractivity (Wildman–Crippen MR) is 37.7 cm³/mol. The van der Waals surface area contributed by atoms with Crippen molar-refractivity contribution in [3.8, 4) is 0 Å². The van der Waals surface area contributed by atoms with Crippen LogP contribution in [0.1, 0.15) is 5.69 Å². The van der Waals surface area contributed by atoms with Crippen molar-refractivity contribution in [2.24, 2.45) is 0 Å². The summed E-state index contributed by atoms with van der Waals surface area (Å²) >= 11 is 3.02. The molecular formula is C5H6BrN3O. The smallest absolute Gasteiger partial charge is 0.193 e. The van der Waals surface area contributed by atoms with E-state index in [2.05, 4.69) is 20.9 Å². The third-order valence-corrected chi connectivity index (χ3v) is 1.56. The first kappa shape index (κ1) is 7.27. The van der Waals surface area contributed by atoms with Crippen LogP contribution < -0.4 is 5.49 Å². The molecule has 10 heavy (non-hydrogen) atoms. The first-order valence-corrected chi connectivity index (χ1v) is 3.40. The summed E-state index contributed by atoms with van der Waals surface area (Å²) in [5.74, 6) is 0. The number of halogens is 1. The van der Waals surface area contributed by atoms with Gasteiger partial charge in [-0.3, -0.25) is 5.41 Å². The molecule has 5 heteroatoms. The van der Waals surface area contributed by atoms with Crippen LogP contribution in [0.5, 0.6) is 0 Å². The molecule has 0 amide bonds. The minimum atomic E-state index is -0.0504. The summed E-state index contributed by atoms with van der Waals surface area (Å²) in [6.07, 6.45) is 1.37. The van der Waals surface area contributed by atoms with Gasteiger partial charge in [0.05, 0.1) is 11.9 Å². The standard InChI is InChI=1S/C5H6BrN3O/c1-3-2-9(10)5(7)4(6)8-3/h2,7,10H,1H3. The van der Waals surface area contributed by atoms with Crippen molar-refractivity contribution in [1.82, 2.24) is 9.71 Å². The van der Waals surface area contributed by atoms with Crippen LogP contribution in [0.4, 0.5) is 0 Å². The van der Waals surface area contributed by atoms with Gasteiger partial charge in [-0.15, -0.1) is 0 Å². The van der Waals surface area contributed by atoms with E-state index >= 15 is 0 Å². The molecule has 1 aromatic heterocycles. The van der Waals surface area contributed by atoms with Gasteiger partial charge in [0.15, 0.2) is 10.1 Å². The monoisotopic (exact) mass is 203 g/mol. The molecule has 0 aliphatic carbocycles. The molecule has 2 N–H and O–H groups in total. The van der Waals surface area contributed by atoms with Crippen molar-refractivity contribution in [2.75, 3.05) is 0 Å². The maximum absolute atomic E-state index is 8.94. The van der Waals surface area contributed by atoms with Gasteiger partial charge in [-0.1, -0.05) is 0 Å². The highest BCUT2D eigenvalue weighted by Crippen LogP contribution is 1.97. The van der Waals surface area contributed by atoms with Gasteiger partial charge >= 0.3 is 0 Å². The quantitative estimate of drug-likeness (QED) is 0.610. The van der Waals surface area contributed by atoms with Crippen LogP contribution >= 0.6 is 15.9 Å². The molecule has 1 heterocycles. The number of nitrogens with zero attached hydrogens (tertiary/aromatic N) is 2. The highest BCUT2D eigenvalue weighted by molar-refractivity contribution is 9.10. The van der Waals surface area contributed by atoms with Crippen LogP contribution in [-0.2, 0) is 0 Å². The summed E-state index contributed by atoms with van der Waals surface area (Å²) in [7, 11) is 0. The number of aromatic nitrogens is 2. The summed E-state index contributed by atoms with van der Waals surface area (Å²) in [6, 6.07) is 0. The van der Waals surface area contributed by atoms with E-state index in [1.165, 1.54) is 6.20 Å². The number of hydrogen-bond donors (Lipinski definition) is 2. The zero-order valence-corrected chi connectivity index (χ0v) is 6.88. The van der Waals surface area contributed by atoms with Gasteiger partial charge in [-0.25, -0.2) is 4.98 Å². The average molecular weight is 204 g/mol. The lowest BCUT2D eigenvalue weighted by Crippen LogP contribution is -2.19. The molecule has 0 bridgehead atoms. The summed E-state index contributed by atoms with van der Waals surface area (Å²) in [4.78, 5) is 3.88. The van der Waals surface area contributed by atoms with Crippen LogP contribution in [0.15, 0.2) is 10.8 Å². The van der Waals surface area contributed by atoms with E-state index < -0.39 is 0 Å². The number of aryl methyl sites for hydroxylation is 1. The minimum absolute atomic E-state index is 0.0504. The molecule has 0 saturated carbocycles. The fraction of sp³-hybridized carbons (Fsp3) is 0.200. The van der Waals surface area contributed by atoms with Crippen molar-refractivity contribution in [1.29, 1.82) is 5.41 Å². The first-order valence-electron chi connectivity index (χ1n) is 2.61. The van der Waals surface area contributed by atoms with Gasteiger partial charge in [-0.2, -0.15) is 4.73 Å². The van der Waals surface area contributed by atoms with Crippen molar-refractivity contribution >= 4 is 15.9 Å². The third kappa shape index (κ3) is 1.18. The summed E-state index contributed by atoms with van der Waals surface area (Å²) in [5.41, 5.74) is 0.607. The van der Waals surface area contributed by atoms with Gasteiger partial charge in [0, 0.05) is 0 Å². The Balaban J connectivity index is 3.46. The Kier molecular flexibility index (Phi) is 1.76. The fourth-order valence-corrected chi connectivity index (χ4v) is 1.03. The van der Waals surface area contributed by atoms with Gasteiger partial charge in [-0.05, 0) is 22.9 Å². The number of nitrogens with one attached hydrogen (secondary N) is 1. The Labute approximate surface area is 65.7 Å². The third-order valence-electron chi connectivity index (χ3n) is 1.01. The van der Waals surface area contributed by atoms with Crippen molar-refractivity contribution in [2.45, 2.75) is 6.92 Å². The second-order valence-corrected chi connectivity index (χ2v) is 2.62. The summed E-state index contributed by atoms with van der Waals surface area (Å²) in [6.45, 7) is 1.73. The van der Waals surface area contributed by atoms with Crippen LogP contribution in [0.3, 0.4) is 0 Å². The first-order chi connectivity index (χ1) is 4.61. The lowest BCUT2D eigenvalue weighted by Gasteiger charge is -1.98. The van der Waals surface area contributed by atoms with E-state index in [9.17, 15) is 0 Å². The van der Waals surface area contributed by atoms with Gasteiger partial charge < -0.3 is 5.21 Å². The Hall–Kier alpha value is -0.840. The molecule has 0 spiro atoms. The molecule has 0 aliphatic rings. The largest absolute Gasteiger partial charge is 0.427 e. The Morgan fingerprint density at radius 3 is 2.90 bits per heavy atom. The molecule has 0 atom stereocenters. The minimum Gasteiger partial charge on any atom is -0.427 e. The van der Waals surface area contributed by atoms with Crippen molar-refractivity contribution in [3.63, 3.8) is 0 Å². The second kappa shape index (κ2) is 2.42. The zero-order valence-electron chi connectivity index (χ0n) is 5.30. The highest BCUT2D eigenvalue weighted by Gasteiger charge is 1.96. The predicted octanol–water partition coefficient (Wildman–Crippen LogP) is 0.671. The van der Waals surface area contributed by atoms with Crippen LogP contribution in [-0.4, -0.2) is 14.9 Å². The molecule has 54 valence electrons. The van der Waals surface area contributed by atoms with Crippen LogP contribution in [0.25, 0.3) is 0 Å². The molecule has 1 aromatic rings. The molecule has 0 fully saturated rings. The maximum atomic E-state index is 8.94. The van der Waals surface area contributed by atoms with Crippen molar-refractivity contribution < 1.29 is 5.21 Å². The molecule has 0 radical (unpaired) electrons. The second-order valence-electron chi connectivity index (χ2n) is 1.87. The van der Waals surface area contributed by atoms with E-state index in [1.807, 2.05) is 0 Å². The van der Waals surface area contributed by atoms with Crippen molar-refractivity contribution in [3.05, 3.63) is 22.0 Å². The van der Waals surface area contributed by atoms with E-state index in [1.54, 1.807) is 6.92 Å². The molecule has 0 aliphatic heterocycles. The van der Waals surface area contributed by atoms with Gasteiger partial charge in [0.2, 0.25) is 0 Å². The number of rotatable bonds is 0. The number of hydrogen-bond acceptors (Lipinski definition) is 3. The molecule has 1 rings (SSSR count). The lowest BCUT2D eigenvalue weighted by molar-refractivity contribution is 0.167. The Morgan fingerprint density at radius 1 is 1.80 bits per heavy atom. The van der Waals surface area contributed by atoms with Crippen LogP contribution in [0, 0.1) is 12.3 Å². The Bertz CT molecular complexity index is 280. The molecule has 0 saturated heterocycles. The average Bonchev–Trinajstić information content (AvgIpc) is 1.82.